The first-order chi connectivity index (χ1) is 12.2. The van der Waals surface area contributed by atoms with Gasteiger partial charge >= 0.3 is 12.1 Å². The van der Waals surface area contributed by atoms with Crippen molar-refractivity contribution < 1.29 is 32.2 Å². The molecule has 0 aliphatic rings. The zero-order chi connectivity index (χ0) is 19.2. The molecule has 0 saturated carbocycles. The van der Waals surface area contributed by atoms with Crippen LogP contribution in [0.3, 0.4) is 0 Å². The van der Waals surface area contributed by atoms with Gasteiger partial charge in [-0.1, -0.05) is 0 Å². The highest BCUT2D eigenvalue weighted by Gasteiger charge is 2.28. The highest BCUT2D eigenvalue weighted by Crippen LogP contribution is 2.20. The number of hydrogen-bond donors (Lipinski definition) is 1. The zero-order valence-electron chi connectivity index (χ0n) is 13.7. The normalized spacial score (nSPS) is 10.9. The molecule has 0 atom stereocenters. The second-order valence-electron chi connectivity index (χ2n) is 5.20. The molecule has 0 unspecified atom stereocenters. The summed E-state index contributed by atoms with van der Waals surface area (Å²) >= 11 is 0. The van der Waals surface area contributed by atoms with Crippen molar-refractivity contribution in [1.82, 2.24) is 4.98 Å². The summed E-state index contributed by atoms with van der Waals surface area (Å²) in [5.41, 5.74) is 1.15. The third-order valence-electron chi connectivity index (χ3n) is 3.02. The Bertz CT molecular complexity index is 759. The number of rotatable bonds is 6. The fraction of sp³-hybridized carbons (Fsp3) is 0.235. The van der Waals surface area contributed by atoms with Crippen molar-refractivity contribution in [3.8, 4) is 5.75 Å². The van der Waals surface area contributed by atoms with Crippen LogP contribution in [0.1, 0.15) is 23.0 Å². The van der Waals surface area contributed by atoms with Crippen LogP contribution in [0.4, 0.5) is 18.9 Å². The Labute approximate surface area is 146 Å². The maximum atomic E-state index is 12.1. The molecule has 1 aromatic heterocycles. The Morgan fingerprint density at radius 3 is 2.35 bits per heavy atom. The monoisotopic (exact) mass is 368 g/mol. The second-order valence-corrected chi connectivity index (χ2v) is 5.20. The Hall–Kier alpha value is -3.10. The first-order valence-electron chi connectivity index (χ1n) is 7.42. The molecular weight excluding hydrogens is 353 g/mol. The molecule has 0 radical (unpaired) electrons. The molecule has 1 heterocycles. The largest absolute Gasteiger partial charge is 0.484 e. The van der Waals surface area contributed by atoms with Gasteiger partial charge in [0.15, 0.2) is 6.61 Å². The summed E-state index contributed by atoms with van der Waals surface area (Å²) in [4.78, 5) is 26.9. The van der Waals surface area contributed by atoms with Gasteiger partial charge in [0, 0.05) is 18.8 Å². The second kappa shape index (κ2) is 8.32. The lowest BCUT2D eigenvalue weighted by molar-refractivity contribution is -0.153. The number of aromatic nitrogens is 1. The Morgan fingerprint density at radius 2 is 1.81 bits per heavy atom. The third kappa shape index (κ3) is 6.42. The lowest BCUT2D eigenvalue weighted by Gasteiger charge is -2.10. The molecule has 2 rings (SSSR count). The van der Waals surface area contributed by atoms with Crippen LogP contribution in [0.5, 0.6) is 5.75 Å². The van der Waals surface area contributed by atoms with E-state index in [1.165, 1.54) is 43.5 Å². The number of pyridine rings is 1. The number of nitrogens with zero attached hydrogens (tertiary/aromatic N) is 1. The van der Waals surface area contributed by atoms with Gasteiger partial charge in [-0.25, -0.2) is 0 Å². The number of anilines is 1. The minimum atomic E-state index is -4.42. The molecule has 0 aliphatic heterocycles. The van der Waals surface area contributed by atoms with E-state index in [2.05, 4.69) is 15.0 Å². The summed E-state index contributed by atoms with van der Waals surface area (Å²) < 4.78 is 45.6. The number of halogens is 3. The van der Waals surface area contributed by atoms with Crippen LogP contribution in [0.25, 0.3) is 0 Å². The van der Waals surface area contributed by atoms with E-state index in [0.29, 0.717) is 11.4 Å². The van der Waals surface area contributed by atoms with Crippen molar-refractivity contribution in [1.29, 1.82) is 0 Å². The molecule has 2 aromatic rings. The van der Waals surface area contributed by atoms with Gasteiger partial charge in [-0.2, -0.15) is 13.2 Å². The Balaban J connectivity index is 1.91. The summed E-state index contributed by atoms with van der Waals surface area (Å²) in [5, 5.41) is 2.59. The average molecular weight is 368 g/mol. The zero-order valence-corrected chi connectivity index (χ0v) is 13.7. The molecule has 6 nitrogen and oxygen atoms in total. The van der Waals surface area contributed by atoms with Crippen LogP contribution >= 0.6 is 0 Å². The van der Waals surface area contributed by atoms with Crippen LogP contribution < -0.4 is 10.1 Å². The lowest BCUT2D eigenvalue weighted by Crippen LogP contribution is -2.19. The van der Waals surface area contributed by atoms with Gasteiger partial charge in [0.2, 0.25) is 0 Å². The quantitative estimate of drug-likeness (QED) is 0.792. The topological polar surface area (TPSA) is 77.5 Å². The SMILES string of the molecule is CC(=O)OCc1ccc(C(=O)Nc2ccc(OCC(F)(F)F)cc2)cn1. The number of carbonyl (C=O) groups is 2. The number of alkyl halides is 3. The minimum absolute atomic E-state index is 0.0105. The summed E-state index contributed by atoms with van der Waals surface area (Å²) in [5.74, 6) is -0.839. The van der Waals surface area contributed by atoms with Gasteiger partial charge in [0.05, 0.1) is 11.3 Å². The van der Waals surface area contributed by atoms with Crippen molar-refractivity contribution in [3.63, 3.8) is 0 Å². The van der Waals surface area contributed by atoms with E-state index in [4.69, 9.17) is 4.74 Å². The van der Waals surface area contributed by atoms with Gasteiger partial charge in [-0.3, -0.25) is 14.6 Å². The number of hydrogen-bond acceptors (Lipinski definition) is 5. The van der Waals surface area contributed by atoms with Crippen LogP contribution in [0, 0.1) is 0 Å². The van der Waals surface area contributed by atoms with E-state index in [-0.39, 0.29) is 17.9 Å². The fourth-order valence-electron chi connectivity index (χ4n) is 1.82. The molecule has 0 aliphatic carbocycles. The lowest BCUT2D eigenvalue weighted by atomic mass is 10.2. The first-order valence-corrected chi connectivity index (χ1v) is 7.42. The maximum Gasteiger partial charge on any atom is 0.422 e. The molecule has 1 N–H and O–H groups in total. The molecule has 0 spiro atoms. The highest BCUT2D eigenvalue weighted by molar-refractivity contribution is 6.04. The number of esters is 1. The maximum absolute atomic E-state index is 12.1. The summed E-state index contributed by atoms with van der Waals surface area (Å²) in [6, 6.07) is 8.55. The molecule has 0 fully saturated rings. The summed E-state index contributed by atoms with van der Waals surface area (Å²) in [6.07, 6.45) is -3.09. The van der Waals surface area contributed by atoms with Crippen molar-refractivity contribution in [2.24, 2.45) is 0 Å². The third-order valence-corrected chi connectivity index (χ3v) is 3.02. The van der Waals surface area contributed by atoms with E-state index in [9.17, 15) is 22.8 Å². The predicted octanol–water partition coefficient (Wildman–Crippen LogP) is 3.34. The molecule has 9 heteroatoms. The molecule has 0 bridgehead atoms. The van der Waals surface area contributed by atoms with Crippen molar-refractivity contribution in [2.75, 3.05) is 11.9 Å². The summed E-state index contributed by atoms with van der Waals surface area (Å²) in [7, 11) is 0. The molecule has 0 saturated heterocycles. The van der Waals surface area contributed by atoms with E-state index in [0.717, 1.165) is 0 Å². The molecule has 138 valence electrons. The molecule has 1 amide bonds. The van der Waals surface area contributed by atoms with E-state index < -0.39 is 24.7 Å². The van der Waals surface area contributed by atoms with Crippen molar-refractivity contribution in [2.45, 2.75) is 19.7 Å². The van der Waals surface area contributed by atoms with Gasteiger partial charge in [-0.05, 0) is 36.4 Å². The Kier molecular flexibility index (Phi) is 6.16. The first kappa shape index (κ1) is 19.2. The van der Waals surface area contributed by atoms with E-state index >= 15 is 0 Å². The average Bonchev–Trinajstić information content (AvgIpc) is 2.59. The van der Waals surface area contributed by atoms with E-state index in [1.54, 1.807) is 6.07 Å². The van der Waals surface area contributed by atoms with Crippen LogP contribution in [0.2, 0.25) is 0 Å². The van der Waals surface area contributed by atoms with Crippen LogP contribution in [0.15, 0.2) is 42.6 Å². The minimum Gasteiger partial charge on any atom is -0.484 e. The van der Waals surface area contributed by atoms with Crippen molar-refractivity contribution in [3.05, 3.63) is 53.9 Å². The predicted molar refractivity (Wildman–Crippen MR) is 85.7 cm³/mol. The number of benzene rings is 1. The molecular formula is C17H15F3N2O4. The van der Waals surface area contributed by atoms with Gasteiger partial charge < -0.3 is 14.8 Å². The smallest absolute Gasteiger partial charge is 0.422 e. The number of nitrogens with one attached hydrogen (secondary N) is 1. The van der Waals surface area contributed by atoms with Gasteiger partial charge in [0.25, 0.3) is 5.91 Å². The van der Waals surface area contributed by atoms with Gasteiger partial charge in [0.1, 0.15) is 12.4 Å². The van der Waals surface area contributed by atoms with Crippen LogP contribution in [-0.4, -0.2) is 29.6 Å². The van der Waals surface area contributed by atoms with E-state index in [1.807, 2.05) is 0 Å². The summed E-state index contributed by atoms with van der Waals surface area (Å²) in [6.45, 7) is -0.0953. The Morgan fingerprint density at radius 1 is 1.12 bits per heavy atom. The fourth-order valence-corrected chi connectivity index (χ4v) is 1.82. The van der Waals surface area contributed by atoms with Crippen LogP contribution in [-0.2, 0) is 16.1 Å². The van der Waals surface area contributed by atoms with Crippen molar-refractivity contribution >= 4 is 17.6 Å². The highest BCUT2D eigenvalue weighted by atomic mass is 19.4. The number of amides is 1. The molecule has 1 aromatic carbocycles. The molecule has 26 heavy (non-hydrogen) atoms. The standard InChI is InChI=1S/C17H15F3N2O4/c1-11(23)25-9-14-3-2-12(8-21-14)16(24)22-13-4-6-15(7-5-13)26-10-17(18,19)20/h2-8H,9-10H2,1H3,(H,22,24). The van der Waals surface area contributed by atoms with Gasteiger partial charge in [-0.15, -0.1) is 0 Å². The number of ether oxygens (including phenoxy) is 2. The number of carbonyl (C=O) groups excluding carboxylic acids is 2.